The predicted octanol–water partition coefficient (Wildman–Crippen LogP) is -3.46. The number of amides is 4. The Morgan fingerprint density at radius 2 is 1.45 bits per heavy atom. The van der Waals surface area contributed by atoms with E-state index in [0.717, 1.165) is 0 Å². The maximum atomic E-state index is 12.4. The van der Waals surface area contributed by atoms with Gasteiger partial charge >= 0.3 is 11.9 Å². The fourth-order valence-corrected chi connectivity index (χ4v) is 2.20. The lowest BCUT2D eigenvalue weighted by molar-refractivity contribution is -0.142. The Bertz CT molecular complexity index is 659. The van der Waals surface area contributed by atoms with E-state index >= 15 is 0 Å². The highest BCUT2D eigenvalue weighted by Crippen LogP contribution is 2.00. The number of thiol groups is 1. The lowest BCUT2D eigenvalue weighted by Gasteiger charge is -2.23. The second kappa shape index (κ2) is 12.6. The Kier molecular flexibility index (Phi) is 11.3. The second-order valence-corrected chi connectivity index (χ2v) is 6.45. The van der Waals surface area contributed by atoms with Gasteiger partial charge in [0.05, 0.1) is 12.5 Å². The summed E-state index contributed by atoms with van der Waals surface area (Å²) < 4.78 is 0. The number of hydrogen-bond acceptors (Lipinski definition) is 8. The first-order chi connectivity index (χ1) is 13.4. The number of carboxylic acids is 2. The third kappa shape index (κ3) is 10.3. The normalized spacial score (nSPS) is 14.6. The van der Waals surface area contributed by atoms with Crippen LogP contribution in [-0.2, 0) is 28.8 Å². The number of nitrogens with two attached hydrogens (primary N) is 2. The number of primary amides is 1. The van der Waals surface area contributed by atoms with E-state index in [0.29, 0.717) is 0 Å². The molecule has 9 N–H and O–H groups in total. The van der Waals surface area contributed by atoms with E-state index in [-0.39, 0.29) is 18.6 Å². The Balaban J connectivity index is 5.07. The Morgan fingerprint density at radius 3 is 1.90 bits per heavy atom. The number of carboxylic acid groups (broad SMARTS) is 2. The standard InChI is InChI=1S/C15H25N5O8S/c1-6(15(27)28)18-13(25)8(4-10(17)21)19-14(26)9(5-29)20-12(24)7(16)2-3-11(22)23/h6-9,29H,2-5,16H2,1H3,(H2,17,21)(H,18,25)(H,19,26)(H,20,24)(H,22,23)(H,27,28). The summed E-state index contributed by atoms with van der Waals surface area (Å²) in [6.45, 7) is 1.18. The van der Waals surface area contributed by atoms with Crippen LogP contribution in [0.5, 0.6) is 0 Å². The van der Waals surface area contributed by atoms with E-state index in [1.54, 1.807) is 0 Å². The highest BCUT2D eigenvalue weighted by atomic mass is 32.1. The van der Waals surface area contributed by atoms with Gasteiger partial charge in [0.2, 0.25) is 23.6 Å². The van der Waals surface area contributed by atoms with Crippen molar-refractivity contribution in [2.45, 2.75) is 50.4 Å². The average molecular weight is 435 g/mol. The number of carbonyl (C=O) groups excluding carboxylic acids is 4. The summed E-state index contributed by atoms with van der Waals surface area (Å²) in [7, 11) is 0. The van der Waals surface area contributed by atoms with E-state index in [9.17, 15) is 28.8 Å². The molecule has 0 aliphatic rings. The molecule has 4 atom stereocenters. The van der Waals surface area contributed by atoms with Crippen LogP contribution in [0.4, 0.5) is 0 Å². The minimum Gasteiger partial charge on any atom is -0.481 e. The van der Waals surface area contributed by atoms with Gasteiger partial charge in [-0.05, 0) is 13.3 Å². The molecular weight excluding hydrogens is 410 g/mol. The molecule has 4 amide bonds. The summed E-state index contributed by atoms with van der Waals surface area (Å²) in [5, 5.41) is 24.0. The van der Waals surface area contributed by atoms with Crippen LogP contribution in [0.2, 0.25) is 0 Å². The number of aliphatic carboxylic acids is 2. The fourth-order valence-electron chi connectivity index (χ4n) is 1.94. The van der Waals surface area contributed by atoms with Crippen molar-refractivity contribution in [1.29, 1.82) is 0 Å². The first kappa shape index (κ1) is 26.1. The third-order valence-electron chi connectivity index (χ3n) is 3.59. The van der Waals surface area contributed by atoms with Gasteiger partial charge in [-0.1, -0.05) is 0 Å². The van der Waals surface area contributed by atoms with Gasteiger partial charge in [0.1, 0.15) is 18.1 Å². The largest absolute Gasteiger partial charge is 0.481 e. The van der Waals surface area contributed by atoms with Gasteiger partial charge in [0, 0.05) is 12.2 Å². The minimum absolute atomic E-state index is 0.165. The first-order valence-corrected chi connectivity index (χ1v) is 9.02. The molecule has 0 aliphatic carbocycles. The van der Waals surface area contributed by atoms with Gasteiger partial charge in [-0.15, -0.1) is 0 Å². The molecule has 0 aromatic rings. The Morgan fingerprint density at radius 1 is 0.931 bits per heavy atom. The summed E-state index contributed by atoms with van der Waals surface area (Å²) in [6, 6.07) is -5.23. The van der Waals surface area contributed by atoms with Gasteiger partial charge < -0.3 is 37.6 Å². The van der Waals surface area contributed by atoms with Gasteiger partial charge in [-0.2, -0.15) is 12.6 Å². The summed E-state index contributed by atoms with van der Waals surface area (Å²) in [4.78, 5) is 69.0. The van der Waals surface area contributed by atoms with Crippen LogP contribution in [-0.4, -0.2) is 75.7 Å². The molecule has 13 nitrogen and oxygen atoms in total. The highest BCUT2D eigenvalue weighted by molar-refractivity contribution is 7.80. The van der Waals surface area contributed by atoms with E-state index in [2.05, 4.69) is 28.6 Å². The molecule has 0 aromatic heterocycles. The van der Waals surface area contributed by atoms with Crippen molar-refractivity contribution in [3.63, 3.8) is 0 Å². The van der Waals surface area contributed by atoms with Crippen LogP contribution in [0.1, 0.15) is 26.2 Å². The SMILES string of the molecule is CC(NC(=O)C(CC(N)=O)NC(=O)C(CS)NC(=O)C(N)CCC(=O)O)C(=O)O. The van der Waals surface area contributed by atoms with E-state index in [1.807, 2.05) is 0 Å². The number of carbonyl (C=O) groups is 6. The molecular formula is C15H25N5O8S. The van der Waals surface area contributed by atoms with Gasteiger partial charge in [0.15, 0.2) is 0 Å². The molecule has 0 aliphatic heterocycles. The third-order valence-corrected chi connectivity index (χ3v) is 3.95. The molecule has 0 spiro atoms. The first-order valence-electron chi connectivity index (χ1n) is 8.39. The van der Waals surface area contributed by atoms with Crippen LogP contribution in [0.3, 0.4) is 0 Å². The van der Waals surface area contributed by atoms with Crippen LogP contribution >= 0.6 is 12.6 Å². The zero-order valence-corrected chi connectivity index (χ0v) is 16.5. The minimum atomic E-state index is -1.48. The molecule has 0 aromatic carbocycles. The topological polar surface area (TPSA) is 231 Å². The molecule has 0 bridgehead atoms. The molecule has 0 fully saturated rings. The summed E-state index contributed by atoms with van der Waals surface area (Å²) in [6.07, 6.45) is -1.13. The van der Waals surface area contributed by atoms with Crippen molar-refractivity contribution in [1.82, 2.24) is 16.0 Å². The van der Waals surface area contributed by atoms with Crippen LogP contribution in [0.25, 0.3) is 0 Å². The fraction of sp³-hybridized carbons (Fsp3) is 0.600. The zero-order chi connectivity index (χ0) is 22.7. The highest BCUT2D eigenvalue weighted by Gasteiger charge is 2.29. The lowest BCUT2D eigenvalue weighted by Crippen LogP contribution is -2.58. The van der Waals surface area contributed by atoms with Crippen LogP contribution in [0, 0.1) is 0 Å². The zero-order valence-electron chi connectivity index (χ0n) is 15.6. The summed E-state index contributed by atoms with van der Waals surface area (Å²) >= 11 is 3.93. The maximum absolute atomic E-state index is 12.4. The van der Waals surface area contributed by atoms with Crippen LogP contribution < -0.4 is 27.4 Å². The van der Waals surface area contributed by atoms with Gasteiger partial charge in [-0.25, -0.2) is 0 Å². The van der Waals surface area contributed by atoms with Crippen molar-refractivity contribution in [2.24, 2.45) is 11.5 Å². The number of hydrogen-bond donors (Lipinski definition) is 8. The smallest absolute Gasteiger partial charge is 0.325 e. The van der Waals surface area contributed by atoms with Crippen molar-refractivity contribution in [3.8, 4) is 0 Å². The van der Waals surface area contributed by atoms with Crippen LogP contribution in [0.15, 0.2) is 0 Å². The van der Waals surface area contributed by atoms with Gasteiger partial charge in [0.25, 0.3) is 0 Å². The molecule has 0 saturated heterocycles. The molecule has 29 heavy (non-hydrogen) atoms. The quantitative estimate of drug-likeness (QED) is 0.134. The number of nitrogens with one attached hydrogen (secondary N) is 3. The molecule has 0 saturated carbocycles. The Hall–Kier alpha value is -2.87. The second-order valence-electron chi connectivity index (χ2n) is 6.08. The number of rotatable bonds is 13. The molecule has 14 heteroatoms. The summed E-state index contributed by atoms with van der Waals surface area (Å²) in [5.74, 6) is -6.30. The summed E-state index contributed by atoms with van der Waals surface area (Å²) in [5.41, 5.74) is 10.6. The lowest BCUT2D eigenvalue weighted by atomic mass is 10.1. The molecule has 0 heterocycles. The molecule has 0 rings (SSSR count). The van der Waals surface area contributed by atoms with Crippen molar-refractivity contribution < 1.29 is 39.0 Å². The van der Waals surface area contributed by atoms with E-state index in [4.69, 9.17) is 21.7 Å². The monoisotopic (exact) mass is 435 g/mol. The maximum Gasteiger partial charge on any atom is 0.325 e. The Labute approximate surface area is 171 Å². The molecule has 4 unspecified atom stereocenters. The van der Waals surface area contributed by atoms with Crippen molar-refractivity contribution >= 4 is 48.2 Å². The van der Waals surface area contributed by atoms with Crippen molar-refractivity contribution in [2.75, 3.05) is 5.75 Å². The van der Waals surface area contributed by atoms with E-state index < -0.39 is 66.2 Å². The average Bonchev–Trinajstić information content (AvgIpc) is 2.62. The van der Waals surface area contributed by atoms with Gasteiger partial charge in [-0.3, -0.25) is 28.8 Å². The van der Waals surface area contributed by atoms with Crippen molar-refractivity contribution in [3.05, 3.63) is 0 Å². The van der Waals surface area contributed by atoms with E-state index in [1.165, 1.54) is 6.92 Å². The molecule has 0 radical (unpaired) electrons. The molecule has 164 valence electrons. The predicted molar refractivity (Wildman–Crippen MR) is 102 cm³/mol.